The van der Waals surface area contributed by atoms with Crippen LogP contribution in [-0.4, -0.2) is 29.3 Å². The van der Waals surface area contributed by atoms with Gasteiger partial charge in [-0.3, -0.25) is 9.69 Å². The molecule has 2 fully saturated rings. The molecule has 1 aromatic rings. The quantitative estimate of drug-likeness (QED) is 0.778. The van der Waals surface area contributed by atoms with Crippen molar-refractivity contribution in [1.29, 1.82) is 0 Å². The molecule has 2 aliphatic rings. The van der Waals surface area contributed by atoms with Crippen LogP contribution in [0.3, 0.4) is 0 Å². The summed E-state index contributed by atoms with van der Waals surface area (Å²) in [4.78, 5) is 15.8. The summed E-state index contributed by atoms with van der Waals surface area (Å²) in [5, 5.41) is 0. The largest absolute Gasteiger partial charge is 0.291 e. The molecular formula is C15H20ClNOS. The minimum absolute atomic E-state index is 0.00261. The van der Waals surface area contributed by atoms with Gasteiger partial charge in [0.25, 0.3) is 0 Å². The normalized spacial score (nSPS) is 29.2. The maximum absolute atomic E-state index is 12.5. The van der Waals surface area contributed by atoms with Gasteiger partial charge in [0.05, 0.1) is 15.3 Å². The molecule has 19 heavy (non-hydrogen) atoms. The molecule has 0 spiro atoms. The topological polar surface area (TPSA) is 20.3 Å². The van der Waals surface area contributed by atoms with Crippen LogP contribution in [0.4, 0.5) is 0 Å². The minimum atomic E-state index is 0.00261. The van der Waals surface area contributed by atoms with E-state index in [0.717, 1.165) is 17.3 Å². The summed E-state index contributed by atoms with van der Waals surface area (Å²) >= 11 is 7.33. The van der Waals surface area contributed by atoms with Crippen molar-refractivity contribution < 1.29 is 4.79 Å². The molecule has 4 heteroatoms. The summed E-state index contributed by atoms with van der Waals surface area (Å²) < 4.78 is 0.701. The maximum atomic E-state index is 12.5. The van der Waals surface area contributed by atoms with Crippen LogP contribution in [0.15, 0.2) is 12.1 Å². The van der Waals surface area contributed by atoms with E-state index in [2.05, 4.69) is 11.8 Å². The van der Waals surface area contributed by atoms with Crippen molar-refractivity contribution in [3.8, 4) is 0 Å². The first-order valence-electron chi connectivity index (χ1n) is 7.22. The Morgan fingerprint density at radius 1 is 1.37 bits per heavy atom. The van der Waals surface area contributed by atoms with Crippen LogP contribution >= 0.6 is 22.9 Å². The number of hydrogen-bond donors (Lipinski definition) is 0. The lowest BCUT2D eigenvalue weighted by Crippen LogP contribution is -2.44. The third kappa shape index (κ3) is 2.61. The highest BCUT2D eigenvalue weighted by molar-refractivity contribution is 7.18. The molecule has 0 radical (unpaired) electrons. The van der Waals surface area contributed by atoms with Gasteiger partial charge in [-0.05, 0) is 50.8 Å². The van der Waals surface area contributed by atoms with Gasteiger partial charge >= 0.3 is 0 Å². The van der Waals surface area contributed by atoms with Gasteiger partial charge in [0, 0.05) is 6.04 Å². The van der Waals surface area contributed by atoms with Crippen LogP contribution in [0.2, 0.25) is 4.34 Å². The molecule has 1 aliphatic heterocycles. The molecule has 1 aromatic heterocycles. The number of carbonyl (C=O) groups excluding carboxylic acids is 1. The van der Waals surface area contributed by atoms with E-state index < -0.39 is 0 Å². The molecule has 2 nitrogen and oxygen atoms in total. The predicted octanol–water partition coefficient (Wildman–Crippen LogP) is 4.24. The van der Waals surface area contributed by atoms with Crippen LogP contribution < -0.4 is 0 Å². The number of halogens is 1. The molecule has 3 rings (SSSR count). The second kappa shape index (κ2) is 5.55. The number of nitrogens with zero attached hydrogens (tertiary/aromatic N) is 1. The Balaban J connectivity index is 1.73. The molecule has 0 aromatic carbocycles. The van der Waals surface area contributed by atoms with E-state index in [1.165, 1.54) is 43.4 Å². The van der Waals surface area contributed by atoms with E-state index in [1.807, 2.05) is 12.1 Å². The average Bonchev–Trinajstić information content (AvgIpc) is 3.03. The number of thiophene rings is 1. The predicted molar refractivity (Wildman–Crippen MR) is 80.2 cm³/mol. The number of ketones is 1. The van der Waals surface area contributed by atoms with Crippen molar-refractivity contribution in [3.63, 3.8) is 0 Å². The molecule has 3 atom stereocenters. The fraction of sp³-hybridized carbons (Fsp3) is 0.667. The van der Waals surface area contributed by atoms with Gasteiger partial charge in [0.2, 0.25) is 0 Å². The molecule has 3 unspecified atom stereocenters. The van der Waals surface area contributed by atoms with E-state index in [-0.39, 0.29) is 11.8 Å². The van der Waals surface area contributed by atoms with Gasteiger partial charge in [-0.25, -0.2) is 0 Å². The zero-order valence-electron chi connectivity index (χ0n) is 11.3. The highest BCUT2D eigenvalue weighted by Gasteiger charge is 2.39. The fourth-order valence-electron chi connectivity index (χ4n) is 3.73. The Bertz CT molecular complexity index is 472. The minimum Gasteiger partial charge on any atom is -0.291 e. The summed E-state index contributed by atoms with van der Waals surface area (Å²) in [6, 6.07) is 4.32. The van der Waals surface area contributed by atoms with Crippen molar-refractivity contribution >= 4 is 28.7 Å². The molecule has 2 heterocycles. The Hall–Kier alpha value is -0.380. The lowest BCUT2D eigenvalue weighted by atomic mass is 9.85. The number of rotatable bonds is 3. The zero-order chi connectivity index (χ0) is 13.4. The summed E-state index contributed by atoms with van der Waals surface area (Å²) in [7, 11) is 0. The van der Waals surface area contributed by atoms with Crippen LogP contribution in [0.25, 0.3) is 0 Å². The molecule has 0 amide bonds. The van der Waals surface area contributed by atoms with Gasteiger partial charge in [-0.2, -0.15) is 0 Å². The molecular weight excluding hydrogens is 278 g/mol. The first kappa shape index (κ1) is 13.6. The van der Waals surface area contributed by atoms with Crippen LogP contribution in [0, 0.1) is 5.92 Å². The van der Waals surface area contributed by atoms with Crippen molar-refractivity contribution in [2.45, 2.75) is 51.1 Å². The highest BCUT2D eigenvalue weighted by Crippen LogP contribution is 2.38. The van der Waals surface area contributed by atoms with Gasteiger partial charge in [0.15, 0.2) is 5.78 Å². The fourth-order valence-corrected chi connectivity index (χ4v) is 4.79. The monoisotopic (exact) mass is 297 g/mol. The Kier molecular flexibility index (Phi) is 3.97. The SMILES string of the molecule is CC(C(=O)c1ccc(Cl)s1)N1CCC2CCCCC21. The molecule has 104 valence electrons. The molecule has 0 bridgehead atoms. The average molecular weight is 298 g/mol. The molecule has 1 saturated carbocycles. The third-order valence-electron chi connectivity index (χ3n) is 4.75. The molecule has 0 N–H and O–H groups in total. The summed E-state index contributed by atoms with van der Waals surface area (Å²) in [5.74, 6) is 1.07. The number of likely N-dealkylation sites (tertiary alicyclic amines) is 1. The van der Waals surface area contributed by atoms with Crippen molar-refractivity contribution in [2.24, 2.45) is 5.92 Å². The second-order valence-electron chi connectivity index (χ2n) is 5.78. The number of Topliss-reactive ketones (excluding diaryl/α,β-unsaturated/α-hetero) is 1. The number of hydrogen-bond acceptors (Lipinski definition) is 3. The Morgan fingerprint density at radius 3 is 2.89 bits per heavy atom. The van der Waals surface area contributed by atoms with E-state index >= 15 is 0 Å². The van der Waals surface area contributed by atoms with Gasteiger partial charge in [-0.15, -0.1) is 11.3 Å². The third-order valence-corrected chi connectivity index (χ3v) is 5.99. The van der Waals surface area contributed by atoms with Gasteiger partial charge in [-0.1, -0.05) is 24.4 Å². The van der Waals surface area contributed by atoms with Crippen molar-refractivity contribution in [1.82, 2.24) is 4.90 Å². The standard InChI is InChI=1S/C15H20ClNOS/c1-10(15(18)13-6-7-14(16)19-13)17-9-8-11-4-2-3-5-12(11)17/h6-7,10-12H,2-5,8-9H2,1H3. The van der Waals surface area contributed by atoms with E-state index in [4.69, 9.17) is 11.6 Å². The second-order valence-corrected chi connectivity index (χ2v) is 7.50. The van der Waals surface area contributed by atoms with Crippen molar-refractivity contribution in [3.05, 3.63) is 21.3 Å². The van der Waals surface area contributed by atoms with E-state index in [9.17, 15) is 4.79 Å². The van der Waals surface area contributed by atoms with E-state index in [1.54, 1.807) is 0 Å². The smallest absolute Gasteiger partial charge is 0.189 e. The van der Waals surface area contributed by atoms with Crippen molar-refractivity contribution in [2.75, 3.05) is 6.54 Å². The van der Waals surface area contributed by atoms with Crippen LogP contribution in [0.1, 0.15) is 48.7 Å². The van der Waals surface area contributed by atoms with Gasteiger partial charge in [0.1, 0.15) is 0 Å². The van der Waals surface area contributed by atoms with E-state index in [0.29, 0.717) is 10.4 Å². The highest BCUT2D eigenvalue weighted by atomic mass is 35.5. The first-order chi connectivity index (χ1) is 9.16. The summed E-state index contributed by atoms with van der Waals surface area (Å²) in [6.45, 7) is 3.15. The molecule has 1 aliphatic carbocycles. The lowest BCUT2D eigenvalue weighted by molar-refractivity contribution is 0.0775. The Morgan fingerprint density at radius 2 is 2.16 bits per heavy atom. The first-order valence-corrected chi connectivity index (χ1v) is 8.41. The lowest BCUT2D eigenvalue weighted by Gasteiger charge is -2.34. The summed E-state index contributed by atoms with van der Waals surface area (Å²) in [6.07, 6.45) is 6.59. The Labute approximate surface area is 123 Å². The number of fused-ring (bicyclic) bond motifs is 1. The van der Waals surface area contributed by atoms with Gasteiger partial charge < -0.3 is 0 Å². The maximum Gasteiger partial charge on any atom is 0.189 e. The summed E-state index contributed by atoms with van der Waals surface area (Å²) in [5.41, 5.74) is 0. The number of carbonyl (C=O) groups is 1. The van der Waals surface area contributed by atoms with Crippen LogP contribution in [0.5, 0.6) is 0 Å². The molecule has 1 saturated heterocycles. The zero-order valence-corrected chi connectivity index (χ0v) is 12.8. The van der Waals surface area contributed by atoms with Crippen LogP contribution in [-0.2, 0) is 0 Å².